The number of nitriles is 1. The maximum Gasteiger partial charge on any atom is 0.237 e. The van der Waals surface area contributed by atoms with E-state index in [2.05, 4.69) is 25.9 Å². The second-order valence-corrected chi connectivity index (χ2v) is 8.56. The first-order valence-corrected chi connectivity index (χ1v) is 12.0. The zero-order valence-corrected chi connectivity index (χ0v) is 20.9. The Bertz CT molecular complexity index is 1510. The zero-order valence-electron chi connectivity index (χ0n) is 20.1. The van der Waals surface area contributed by atoms with Crippen LogP contribution in [0.5, 0.6) is 11.6 Å². The lowest BCUT2D eigenvalue weighted by atomic mass is 10.0. The summed E-state index contributed by atoms with van der Waals surface area (Å²) in [7, 11) is 1.58. The van der Waals surface area contributed by atoms with E-state index < -0.39 is 0 Å². The molecule has 0 spiro atoms. The number of aliphatic hydroxyl groups is 1. The van der Waals surface area contributed by atoms with E-state index in [0.717, 1.165) is 5.56 Å². The summed E-state index contributed by atoms with van der Waals surface area (Å²) in [5.74, 6) is 2.38. The fourth-order valence-electron chi connectivity index (χ4n) is 3.57. The van der Waals surface area contributed by atoms with Crippen LogP contribution in [0.15, 0.2) is 52.0 Å². The highest BCUT2D eigenvalue weighted by Gasteiger charge is 2.22. The molecule has 0 aliphatic heterocycles. The van der Waals surface area contributed by atoms with Gasteiger partial charge in [0.15, 0.2) is 0 Å². The minimum atomic E-state index is -0.142. The summed E-state index contributed by atoms with van der Waals surface area (Å²) in [6.07, 6.45) is 1.49. The van der Waals surface area contributed by atoms with Gasteiger partial charge in [0.25, 0.3) is 0 Å². The van der Waals surface area contributed by atoms with Gasteiger partial charge in [0, 0.05) is 23.6 Å². The Kier molecular flexibility index (Phi) is 7.89. The summed E-state index contributed by atoms with van der Waals surface area (Å²) in [4.78, 5) is 16.7. The Morgan fingerprint density at radius 2 is 2.05 bits per heavy atom. The fourth-order valence-corrected chi connectivity index (χ4v) is 4.57. The molecule has 0 atom stereocenters. The first-order valence-electron chi connectivity index (χ1n) is 11.0. The highest BCUT2D eigenvalue weighted by Crippen LogP contribution is 2.42. The van der Waals surface area contributed by atoms with E-state index in [-0.39, 0.29) is 30.3 Å². The van der Waals surface area contributed by atoms with Crippen molar-refractivity contribution in [3.63, 3.8) is 0 Å². The number of aryl methyl sites for hydroxylation is 1. The first kappa shape index (κ1) is 25.5. The Balaban J connectivity index is 1.67. The van der Waals surface area contributed by atoms with E-state index in [1.54, 1.807) is 19.2 Å². The SMILES string of the molecule is [C-]#[N+]c1c(N)nc(SCc2nc(-c3ccccc3OC)oc2C)c(C#N)c1-c1ccc(OCCO)nc1. The van der Waals surface area contributed by atoms with Crippen molar-refractivity contribution in [2.24, 2.45) is 0 Å². The summed E-state index contributed by atoms with van der Waals surface area (Å²) >= 11 is 1.27. The largest absolute Gasteiger partial charge is 0.496 e. The normalized spacial score (nSPS) is 10.5. The molecule has 0 aliphatic carbocycles. The zero-order chi connectivity index (χ0) is 26.4. The van der Waals surface area contributed by atoms with Crippen molar-refractivity contribution in [3.05, 3.63) is 71.0 Å². The van der Waals surface area contributed by atoms with Crippen LogP contribution in [0.1, 0.15) is 17.0 Å². The van der Waals surface area contributed by atoms with Gasteiger partial charge in [-0.05, 0) is 30.7 Å². The molecule has 4 rings (SSSR count). The van der Waals surface area contributed by atoms with Crippen molar-refractivity contribution in [2.45, 2.75) is 17.7 Å². The number of hydrogen-bond donors (Lipinski definition) is 2. The molecule has 0 saturated heterocycles. The predicted octanol–water partition coefficient (Wildman–Crippen LogP) is 4.78. The van der Waals surface area contributed by atoms with Crippen molar-refractivity contribution >= 4 is 23.3 Å². The number of nitrogens with zero attached hydrogens (tertiary/aromatic N) is 5. The van der Waals surface area contributed by atoms with Gasteiger partial charge in [-0.2, -0.15) is 5.26 Å². The van der Waals surface area contributed by atoms with Gasteiger partial charge in [-0.15, -0.1) is 0 Å². The van der Waals surface area contributed by atoms with Gasteiger partial charge >= 0.3 is 0 Å². The van der Waals surface area contributed by atoms with E-state index in [4.69, 9.17) is 31.3 Å². The Morgan fingerprint density at radius 3 is 2.73 bits per heavy atom. The molecule has 0 unspecified atom stereocenters. The highest BCUT2D eigenvalue weighted by molar-refractivity contribution is 7.98. The standard InChI is InChI=1S/C26H22N6O4S/c1-15-19(31-25(36-15)17-6-4-5-7-20(17)34-3)14-37-26-18(12-27)22(23(29-2)24(28)32-26)16-8-9-21(30-13-16)35-11-10-33/h4-9,13,33H,10-11,14H2,1,3H3,(H2,28,32). The Morgan fingerprint density at radius 1 is 1.24 bits per heavy atom. The molecule has 37 heavy (non-hydrogen) atoms. The van der Waals surface area contributed by atoms with Gasteiger partial charge in [0.1, 0.15) is 35.0 Å². The van der Waals surface area contributed by atoms with Crippen molar-refractivity contribution in [3.8, 4) is 40.3 Å². The third-order valence-corrected chi connectivity index (χ3v) is 6.32. The molecule has 3 N–H and O–H groups in total. The topological polar surface area (TPSA) is 145 Å². The molecule has 186 valence electrons. The number of hydrogen-bond acceptors (Lipinski definition) is 10. The van der Waals surface area contributed by atoms with Gasteiger partial charge in [-0.3, -0.25) is 0 Å². The number of rotatable bonds is 9. The third kappa shape index (κ3) is 5.33. The molecule has 0 amide bonds. The van der Waals surface area contributed by atoms with Crippen LogP contribution in [0, 0.1) is 24.8 Å². The summed E-state index contributed by atoms with van der Waals surface area (Å²) in [5, 5.41) is 19.3. The number of thioether (sulfide) groups is 1. The quantitative estimate of drug-likeness (QED) is 0.236. The number of aromatic nitrogens is 3. The second kappa shape index (κ2) is 11.4. The molecule has 10 nitrogen and oxygen atoms in total. The number of para-hydroxylation sites is 1. The molecule has 0 saturated carbocycles. The number of nitrogen functional groups attached to an aromatic ring is 1. The minimum absolute atomic E-state index is 0.0127. The van der Waals surface area contributed by atoms with Gasteiger partial charge in [0.2, 0.25) is 17.5 Å². The van der Waals surface area contributed by atoms with E-state index in [1.165, 1.54) is 18.0 Å². The van der Waals surface area contributed by atoms with Crippen LogP contribution in [0.2, 0.25) is 0 Å². The maximum absolute atomic E-state index is 10.0. The highest BCUT2D eigenvalue weighted by atomic mass is 32.2. The number of benzene rings is 1. The van der Waals surface area contributed by atoms with E-state index in [9.17, 15) is 5.26 Å². The molecule has 0 aliphatic rings. The van der Waals surface area contributed by atoms with Gasteiger partial charge in [-0.25, -0.2) is 19.8 Å². The number of anilines is 1. The molecular weight excluding hydrogens is 492 g/mol. The summed E-state index contributed by atoms with van der Waals surface area (Å²) in [6, 6.07) is 12.9. The molecule has 0 bridgehead atoms. The van der Waals surface area contributed by atoms with Crippen LogP contribution >= 0.6 is 11.8 Å². The van der Waals surface area contributed by atoms with Crippen LogP contribution in [-0.2, 0) is 5.75 Å². The lowest BCUT2D eigenvalue weighted by molar-refractivity contribution is 0.196. The maximum atomic E-state index is 10.0. The number of pyridine rings is 2. The molecule has 3 heterocycles. The van der Waals surface area contributed by atoms with Crippen molar-refractivity contribution in [1.29, 1.82) is 5.26 Å². The Hall–Kier alpha value is -4.58. The van der Waals surface area contributed by atoms with Gasteiger partial charge in [-0.1, -0.05) is 23.9 Å². The number of aliphatic hydroxyl groups excluding tert-OH is 1. The molecule has 0 radical (unpaired) electrons. The van der Waals surface area contributed by atoms with Gasteiger partial charge in [0.05, 0.1) is 37.1 Å². The fraction of sp³-hybridized carbons (Fsp3) is 0.192. The van der Waals surface area contributed by atoms with Crippen molar-refractivity contribution in [2.75, 3.05) is 26.1 Å². The van der Waals surface area contributed by atoms with Crippen molar-refractivity contribution in [1.82, 2.24) is 15.0 Å². The van der Waals surface area contributed by atoms with Crippen molar-refractivity contribution < 1.29 is 19.0 Å². The lowest BCUT2D eigenvalue weighted by Gasteiger charge is -2.13. The second-order valence-electron chi connectivity index (χ2n) is 7.59. The minimum Gasteiger partial charge on any atom is -0.496 e. The van der Waals surface area contributed by atoms with E-state index >= 15 is 0 Å². The van der Waals surface area contributed by atoms with Crippen LogP contribution in [0.4, 0.5) is 11.5 Å². The lowest BCUT2D eigenvalue weighted by Crippen LogP contribution is -2.03. The number of nitrogens with two attached hydrogens (primary N) is 1. The molecule has 3 aromatic heterocycles. The van der Waals surface area contributed by atoms with Crippen LogP contribution in [0.25, 0.3) is 27.4 Å². The number of ether oxygens (including phenoxy) is 2. The van der Waals surface area contributed by atoms with Crippen LogP contribution in [0.3, 0.4) is 0 Å². The third-order valence-electron chi connectivity index (χ3n) is 5.33. The predicted molar refractivity (Wildman–Crippen MR) is 138 cm³/mol. The number of methoxy groups -OCH3 is 1. The number of oxazole rings is 1. The van der Waals surface area contributed by atoms with Crippen LogP contribution < -0.4 is 15.2 Å². The van der Waals surface area contributed by atoms with Crippen LogP contribution in [-0.4, -0.2) is 40.4 Å². The molecule has 11 heteroatoms. The van der Waals surface area contributed by atoms with E-state index in [0.29, 0.717) is 50.9 Å². The summed E-state index contributed by atoms with van der Waals surface area (Å²) in [6.45, 7) is 9.39. The monoisotopic (exact) mass is 514 g/mol. The molecular formula is C26H22N6O4S. The summed E-state index contributed by atoms with van der Waals surface area (Å²) < 4.78 is 16.6. The first-order chi connectivity index (χ1) is 18.0. The average molecular weight is 515 g/mol. The van der Waals surface area contributed by atoms with E-state index in [1.807, 2.05) is 31.2 Å². The van der Waals surface area contributed by atoms with Gasteiger partial charge < -0.3 is 24.7 Å². The summed E-state index contributed by atoms with van der Waals surface area (Å²) in [5.41, 5.74) is 8.69. The molecule has 1 aromatic carbocycles. The smallest absolute Gasteiger partial charge is 0.237 e. The average Bonchev–Trinajstić information content (AvgIpc) is 3.30. The molecule has 0 fully saturated rings. The Labute approximate surface area is 217 Å². The molecule has 4 aromatic rings.